The number of rotatable bonds is 8. The van der Waals surface area contributed by atoms with Crippen molar-refractivity contribution in [1.29, 1.82) is 0 Å². The summed E-state index contributed by atoms with van der Waals surface area (Å²) in [7, 11) is 1.56. The Morgan fingerprint density at radius 2 is 1.81 bits per heavy atom. The SMILES string of the molecule is COC(C)CCC(=O)NC(CO)(CO)CO. The number of carbonyl (C=O) groups excluding carboxylic acids is 1. The molecule has 0 aliphatic heterocycles. The molecule has 0 rings (SSSR count). The zero-order chi connectivity index (χ0) is 12.6. The van der Waals surface area contributed by atoms with Crippen molar-refractivity contribution in [3.63, 3.8) is 0 Å². The number of hydrogen-bond donors (Lipinski definition) is 4. The third-order valence-corrected chi connectivity index (χ3v) is 2.49. The molecule has 1 amide bonds. The van der Waals surface area contributed by atoms with Crippen molar-refractivity contribution in [2.45, 2.75) is 31.4 Å². The van der Waals surface area contributed by atoms with Crippen molar-refractivity contribution >= 4 is 5.91 Å². The van der Waals surface area contributed by atoms with Crippen LogP contribution in [0.5, 0.6) is 0 Å². The van der Waals surface area contributed by atoms with Gasteiger partial charge in [-0.2, -0.15) is 0 Å². The van der Waals surface area contributed by atoms with Gasteiger partial charge in [0.2, 0.25) is 5.91 Å². The lowest BCUT2D eigenvalue weighted by molar-refractivity contribution is -0.126. The van der Waals surface area contributed by atoms with Gasteiger partial charge in [-0.15, -0.1) is 0 Å². The van der Waals surface area contributed by atoms with Crippen LogP contribution in [-0.4, -0.2) is 59.8 Å². The molecule has 6 heteroatoms. The molecule has 1 unspecified atom stereocenters. The molecular formula is C10H21NO5. The molecule has 0 aromatic rings. The molecule has 0 aliphatic rings. The Labute approximate surface area is 95.2 Å². The third kappa shape index (κ3) is 4.89. The van der Waals surface area contributed by atoms with Crippen LogP contribution in [0.25, 0.3) is 0 Å². The van der Waals surface area contributed by atoms with E-state index in [9.17, 15) is 4.79 Å². The summed E-state index contributed by atoms with van der Waals surface area (Å²) < 4.78 is 4.98. The molecule has 0 radical (unpaired) electrons. The van der Waals surface area contributed by atoms with Crippen molar-refractivity contribution < 1.29 is 24.9 Å². The molecule has 96 valence electrons. The van der Waals surface area contributed by atoms with Crippen molar-refractivity contribution in [3.8, 4) is 0 Å². The molecule has 0 fully saturated rings. The van der Waals surface area contributed by atoms with E-state index in [1.807, 2.05) is 6.92 Å². The van der Waals surface area contributed by atoms with Gasteiger partial charge in [0.1, 0.15) is 5.54 Å². The van der Waals surface area contributed by atoms with E-state index in [4.69, 9.17) is 20.1 Å². The first-order chi connectivity index (χ1) is 7.53. The number of nitrogens with one attached hydrogen (secondary N) is 1. The van der Waals surface area contributed by atoms with Gasteiger partial charge >= 0.3 is 0 Å². The fraction of sp³-hybridized carbons (Fsp3) is 0.900. The lowest BCUT2D eigenvalue weighted by Crippen LogP contribution is -2.57. The van der Waals surface area contributed by atoms with Gasteiger partial charge in [0.25, 0.3) is 0 Å². The summed E-state index contributed by atoms with van der Waals surface area (Å²) in [6.07, 6.45) is 0.731. The Kier molecular flexibility index (Phi) is 7.24. The average molecular weight is 235 g/mol. The van der Waals surface area contributed by atoms with Crippen LogP contribution < -0.4 is 5.32 Å². The van der Waals surface area contributed by atoms with Gasteiger partial charge in [-0.05, 0) is 13.3 Å². The van der Waals surface area contributed by atoms with Crippen LogP contribution in [0, 0.1) is 0 Å². The number of amides is 1. The van der Waals surface area contributed by atoms with E-state index < -0.39 is 25.4 Å². The number of hydrogen-bond acceptors (Lipinski definition) is 5. The summed E-state index contributed by atoms with van der Waals surface area (Å²) in [4.78, 5) is 11.5. The normalized spacial score (nSPS) is 13.6. The van der Waals surface area contributed by atoms with E-state index in [-0.39, 0.29) is 18.4 Å². The first kappa shape index (κ1) is 15.3. The lowest BCUT2D eigenvalue weighted by Gasteiger charge is -2.28. The summed E-state index contributed by atoms with van der Waals surface area (Å²) in [6, 6.07) is 0. The van der Waals surface area contributed by atoms with Gasteiger partial charge in [-0.3, -0.25) is 4.79 Å². The van der Waals surface area contributed by atoms with E-state index in [2.05, 4.69) is 5.32 Å². The standard InChI is InChI=1S/C10H21NO5/c1-8(16-2)3-4-9(15)11-10(5-12,6-13)7-14/h8,12-14H,3-7H2,1-2H3,(H,11,15). The minimum Gasteiger partial charge on any atom is -0.394 e. The minimum atomic E-state index is -1.34. The molecule has 0 bridgehead atoms. The molecule has 6 nitrogen and oxygen atoms in total. The van der Waals surface area contributed by atoms with Crippen LogP contribution in [0.4, 0.5) is 0 Å². The molecule has 16 heavy (non-hydrogen) atoms. The largest absolute Gasteiger partial charge is 0.394 e. The van der Waals surface area contributed by atoms with E-state index in [0.717, 1.165) is 0 Å². The Morgan fingerprint density at radius 3 is 2.19 bits per heavy atom. The molecule has 4 N–H and O–H groups in total. The maximum Gasteiger partial charge on any atom is 0.220 e. The number of methoxy groups -OCH3 is 1. The van der Waals surface area contributed by atoms with Crippen molar-refractivity contribution in [1.82, 2.24) is 5.32 Å². The fourth-order valence-corrected chi connectivity index (χ4v) is 1.08. The summed E-state index contributed by atoms with van der Waals surface area (Å²) in [5, 5.41) is 29.4. The zero-order valence-corrected chi connectivity index (χ0v) is 9.77. The van der Waals surface area contributed by atoms with Crippen molar-refractivity contribution in [2.75, 3.05) is 26.9 Å². The summed E-state index contributed by atoms with van der Waals surface area (Å²) in [5.41, 5.74) is -1.34. The van der Waals surface area contributed by atoms with Crippen LogP contribution in [0.15, 0.2) is 0 Å². The van der Waals surface area contributed by atoms with Gasteiger partial charge in [-0.1, -0.05) is 0 Å². The molecule has 0 heterocycles. The molecular weight excluding hydrogens is 214 g/mol. The van der Waals surface area contributed by atoms with Gasteiger partial charge in [-0.25, -0.2) is 0 Å². The molecule has 0 saturated carbocycles. The second kappa shape index (κ2) is 7.56. The molecule has 1 atom stereocenters. The maximum atomic E-state index is 11.5. The third-order valence-electron chi connectivity index (χ3n) is 2.49. The quantitative estimate of drug-likeness (QED) is 0.416. The molecule has 0 saturated heterocycles. The number of aliphatic hydroxyl groups excluding tert-OH is 3. The summed E-state index contributed by atoms with van der Waals surface area (Å²) >= 11 is 0. The van der Waals surface area contributed by atoms with E-state index in [1.54, 1.807) is 7.11 Å². The second-order valence-corrected chi connectivity index (χ2v) is 3.89. The Hall–Kier alpha value is -0.690. The predicted molar refractivity (Wildman–Crippen MR) is 57.8 cm³/mol. The van der Waals surface area contributed by atoms with Gasteiger partial charge in [0.05, 0.1) is 25.9 Å². The summed E-state index contributed by atoms with van der Waals surface area (Å²) in [6.45, 7) is 0.313. The molecule has 0 spiro atoms. The Balaban J connectivity index is 4.10. The predicted octanol–water partition coefficient (Wildman–Crippen LogP) is -1.37. The smallest absolute Gasteiger partial charge is 0.220 e. The topological polar surface area (TPSA) is 99.0 Å². The highest BCUT2D eigenvalue weighted by molar-refractivity contribution is 5.76. The zero-order valence-electron chi connectivity index (χ0n) is 9.77. The summed E-state index contributed by atoms with van der Waals surface area (Å²) in [5.74, 6) is -0.332. The lowest BCUT2D eigenvalue weighted by atomic mass is 10.0. The first-order valence-electron chi connectivity index (χ1n) is 5.20. The van der Waals surface area contributed by atoms with E-state index >= 15 is 0 Å². The highest BCUT2D eigenvalue weighted by atomic mass is 16.5. The molecule has 0 aromatic heterocycles. The van der Waals surface area contributed by atoms with Gasteiger partial charge < -0.3 is 25.4 Å². The number of carbonyl (C=O) groups is 1. The van der Waals surface area contributed by atoms with Crippen LogP contribution in [0.2, 0.25) is 0 Å². The van der Waals surface area contributed by atoms with Gasteiger partial charge in [0, 0.05) is 13.5 Å². The van der Waals surface area contributed by atoms with Crippen LogP contribution >= 0.6 is 0 Å². The minimum absolute atomic E-state index is 0.0301. The Morgan fingerprint density at radius 1 is 1.31 bits per heavy atom. The Bertz CT molecular complexity index is 197. The number of aliphatic hydroxyl groups is 3. The second-order valence-electron chi connectivity index (χ2n) is 3.89. The van der Waals surface area contributed by atoms with Crippen molar-refractivity contribution in [2.24, 2.45) is 0 Å². The van der Waals surface area contributed by atoms with Gasteiger partial charge in [0.15, 0.2) is 0 Å². The number of ether oxygens (including phenoxy) is 1. The van der Waals surface area contributed by atoms with Crippen LogP contribution in [0.3, 0.4) is 0 Å². The first-order valence-corrected chi connectivity index (χ1v) is 5.20. The van der Waals surface area contributed by atoms with E-state index in [1.165, 1.54) is 0 Å². The van der Waals surface area contributed by atoms with E-state index in [0.29, 0.717) is 6.42 Å². The van der Waals surface area contributed by atoms with Crippen molar-refractivity contribution in [3.05, 3.63) is 0 Å². The van der Waals surface area contributed by atoms with Crippen LogP contribution in [-0.2, 0) is 9.53 Å². The van der Waals surface area contributed by atoms with Crippen LogP contribution in [0.1, 0.15) is 19.8 Å². The maximum absolute atomic E-state index is 11.5. The highest BCUT2D eigenvalue weighted by Gasteiger charge is 2.29. The molecule has 0 aliphatic carbocycles. The highest BCUT2D eigenvalue weighted by Crippen LogP contribution is 2.05. The average Bonchev–Trinajstić information content (AvgIpc) is 2.33. The molecule has 0 aromatic carbocycles. The monoisotopic (exact) mass is 235 g/mol. The fourth-order valence-electron chi connectivity index (χ4n) is 1.08.